The van der Waals surface area contributed by atoms with E-state index in [0.717, 1.165) is 50.7 Å². The zero-order chi connectivity index (χ0) is 16.9. The molecule has 26 heavy (non-hydrogen) atoms. The Morgan fingerprint density at radius 2 is 1.77 bits per heavy atom. The molecule has 3 rings (SSSR count). The third-order valence-corrected chi connectivity index (χ3v) is 5.28. The Bertz CT molecular complexity index is 553. The molecule has 2 aliphatic heterocycles. The average Bonchev–Trinajstić information content (AvgIpc) is 3.25. The molecule has 0 bridgehead atoms. The molecule has 150 valence electrons. The first-order chi connectivity index (χ1) is 11.7. The number of carbonyl (C=O) groups excluding carboxylic acids is 1. The van der Waals surface area contributed by atoms with Gasteiger partial charge in [-0.15, -0.1) is 35.0 Å². The standard InChI is InChI=1S/C17H30N6O.2ClH/c1-3-23-15(13-21-8-4-5-9-21)19-20-17(23)14-6-10-22(11-7-14)16(24)12-18-2;;/h14,18H,3-13H2,1-2H3;2*1H. The molecule has 2 aliphatic rings. The second-order valence-electron chi connectivity index (χ2n) is 6.89. The van der Waals surface area contributed by atoms with Gasteiger partial charge in [0.25, 0.3) is 0 Å². The van der Waals surface area contributed by atoms with Crippen molar-refractivity contribution in [3.05, 3.63) is 11.6 Å². The molecular formula is C17H32Cl2N6O. The third kappa shape index (κ3) is 5.31. The summed E-state index contributed by atoms with van der Waals surface area (Å²) in [7, 11) is 1.82. The Labute approximate surface area is 168 Å². The Morgan fingerprint density at radius 3 is 2.35 bits per heavy atom. The van der Waals surface area contributed by atoms with Crippen molar-refractivity contribution in [2.45, 2.75) is 51.6 Å². The predicted molar refractivity (Wildman–Crippen MR) is 107 cm³/mol. The van der Waals surface area contributed by atoms with Gasteiger partial charge in [0, 0.05) is 25.6 Å². The van der Waals surface area contributed by atoms with Gasteiger partial charge in [-0.05, 0) is 52.7 Å². The Morgan fingerprint density at radius 1 is 1.12 bits per heavy atom. The number of hydrogen-bond acceptors (Lipinski definition) is 5. The normalized spacial score (nSPS) is 18.5. The van der Waals surface area contributed by atoms with Crippen LogP contribution >= 0.6 is 24.8 Å². The first-order valence-electron chi connectivity index (χ1n) is 9.29. The molecule has 3 heterocycles. The zero-order valence-electron chi connectivity index (χ0n) is 15.8. The summed E-state index contributed by atoms with van der Waals surface area (Å²) < 4.78 is 2.30. The number of nitrogens with one attached hydrogen (secondary N) is 1. The van der Waals surface area contributed by atoms with Crippen molar-refractivity contribution in [1.29, 1.82) is 0 Å². The van der Waals surface area contributed by atoms with E-state index in [9.17, 15) is 4.79 Å². The maximum absolute atomic E-state index is 12.0. The monoisotopic (exact) mass is 406 g/mol. The number of nitrogens with zero attached hydrogens (tertiary/aromatic N) is 5. The summed E-state index contributed by atoms with van der Waals surface area (Å²) in [4.78, 5) is 16.4. The molecule has 1 aromatic heterocycles. The van der Waals surface area contributed by atoms with E-state index in [1.165, 1.54) is 25.9 Å². The summed E-state index contributed by atoms with van der Waals surface area (Å²) in [5.41, 5.74) is 0. The smallest absolute Gasteiger partial charge is 0.236 e. The van der Waals surface area contributed by atoms with Crippen LogP contribution in [-0.4, -0.2) is 70.2 Å². The second kappa shape index (κ2) is 11.1. The van der Waals surface area contributed by atoms with E-state index in [4.69, 9.17) is 0 Å². The van der Waals surface area contributed by atoms with E-state index in [-0.39, 0.29) is 30.7 Å². The van der Waals surface area contributed by atoms with Gasteiger partial charge in [0.15, 0.2) is 0 Å². The maximum Gasteiger partial charge on any atom is 0.236 e. The van der Waals surface area contributed by atoms with Gasteiger partial charge < -0.3 is 14.8 Å². The number of carbonyl (C=O) groups is 1. The molecule has 9 heteroatoms. The van der Waals surface area contributed by atoms with Crippen LogP contribution in [0.1, 0.15) is 50.2 Å². The van der Waals surface area contributed by atoms with Gasteiger partial charge in [-0.1, -0.05) is 0 Å². The van der Waals surface area contributed by atoms with Crippen molar-refractivity contribution in [2.75, 3.05) is 39.8 Å². The molecule has 2 fully saturated rings. The van der Waals surface area contributed by atoms with Gasteiger partial charge in [-0.2, -0.15) is 0 Å². The predicted octanol–water partition coefficient (Wildman–Crippen LogP) is 1.66. The molecule has 0 aromatic carbocycles. The van der Waals surface area contributed by atoms with E-state index < -0.39 is 0 Å². The van der Waals surface area contributed by atoms with Crippen LogP contribution in [0.25, 0.3) is 0 Å². The van der Waals surface area contributed by atoms with Crippen LogP contribution < -0.4 is 5.32 Å². The van der Waals surface area contributed by atoms with Crippen LogP contribution in [0.3, 0.4) is 0 Å². The van der Waals surface area contributed by atoms with Crippen LogP contribution in [0.2, 0.25) is 0 Å². The summed E-state index contributed by atoms with van der Waals surface area (Å²) in [6.07, 6.45) is 4.56. The fourth-order valence-corrected chi connectivity index (χ4v) is 3.90. The second-order valence-corrected chi connectivity index (χ2v) is 6.89. The lowest BCUT2D eigenvalue weighted by Crippen LogP contribution is -2.42. The minimum absolute atomic E-state index is 0. The fraction of sp³-hybridized carbons (Fsp3) is 0.824. The molecule has 2 saturated heterocycles. The van der Waals surface area contributed by atoms with Crippen molar-refractivity contribution in [3.8, 4) is 0 Å². The number of aromatic nitrogens is 3. The number of likely N-dealkylation sites (N-methyl/N-ethyl adjacent to an activating group) is 1. The van der Waals surface area contributed by atoms with E-state index >= 15 is 0 Å². The number of hydrogen-bond donors (Lipinski definition) is 1. The van der Waals surface area contributed by atoms with Crippen molar-refractivity contribution in [3.63, 3.8) is 0 Å². The number of likely N-dealkylation sites (tertiary alicyclic amines) is 2. The highest BCUT2D eigenvalue weighted by Crippen LogP contribution is 2.27. The van der Waals surface area contributed by atoms with Crippen LogP contribution in [-0.2, 0) is 17.9 Å². The van der Waals surface area contributed by atoms with E-state index in [0.29, 0.717) is 12.5 Å². The van der Waals surface area contributed by atoms with Crippen LogP contribution in [0.15, 0.2) is 0 Å². The first kappa shape index (κ1) is 23.1. The Hall–Kier alpha value is -0.890. The van der Waals surface area contributed by atoms with Crippen LogP contribution in [0.5, 0.6) is 0 Å². The SMILES string of the molecule is CCn1c(CN2CCCC2)nnc1C1CCN(C(=O)CNC)CC1.Cl.Cl. The van der Waals surface area contributed by atoms with E-state index in [2.05, 4.69) is 31.9 Å². The Kier molecular flexibility index (Phi) is 9.85. The molecule has 0 aliphatic carbocycles. The number of piperidine rings is 1. The van der Waals surface area contributed by atoms with Gasteiger partial charge in [0.1, 0.15) is 11.6 Å². The largest absolute Gasteiger partial charge is 0.342 e. The van der Waals surface area contributed by atoms with Crippen LogP contribution in [0.4, 0.5) is 0 Å². The van der Waals surface area contributed by atoms with E-state index in [1.54, 1.807) is 0 Å². The molecule has 1 N–H and O–H groups in total. The minimum atomic E-state index is 0. The number of rotatable bonds is 6. The van der Waals surface area contributed by atoms with Crippen molar-refractivity contribution >= 4 is 30.7 Å². The lowest BCUT2D eigenvalue weighted by atomic mass is 9.95. The van der Waals surface area contributed by atoms with Gasteiger partial charge in [0.2, 0.25) is 5.91 Å². The van der Waals surface area contributed by atoms with Gasteiger partial charge in [0.05, 0.1) is 13.1 Å². The van der Waals surface area contributed by atoms with Crippen LogP contribution in [0, 0.1) is 0 Å². The highest BCUT2D eigenvalue weighted by atomic mass is 35.5. The molecule has 7 nitrogen and oxygen atoms in total. The number of halogens is 2. The average molecular weight is 407 g/mol. The Balaban J connectivity index is 0.00000169. The molecule has 0 saturated carbocycles. The fourth-order valence-electron chi connectivity index (χ4n) is 3.90. The molecule has 0 spiro atoms. The molecule has 1 amide bonds. The van der Waals surface area contributed by atoms with Crippen molar-refractivity contribution < 1.29 is 4.79 Å². The summed E-state index contributed by atoms with van der Waals surface area (Å²) in [5.74, 6) is 2.83. The van der Waals surface area contributed by atoms with Gasteiger partial charge in [-0.25, -0.2) is 0 Å². The summed E-state index contributed by atoms with van der Waals surface area (Å²) in [6, 6.07) is 0. The van der Waals surface area contributed by atoms with Gasteiger partial charge in [-0.3, -0.25) is 9.69 Å². The zero-order valence-corrected chi connectivity index (χ0v) is 17.4. The molecule has 0 atom stereocenters. The summed E-state index contributed by atoms with van der Waals surface area (Å²) >= 11 is 0. The van der Waals surface area contributed by atoms with Crippen molar-refractivity contribution in [1.82, 2.24) is 29.9 Å². The molecule has 0 unspecified atom stereocenters. The topological polar surface area (TPSA) is 66.3 Å². The van der Waals surface area contributed by atoms with E-state index in [1.807, 2.05) is 11.9 Å². The maximum atomic E-state index is 12.0. The van der Waals surface area contributed by atoms with Gasteiger partial charge >= 0.3 is 0 Å². The molecule has 1 aromatic rings. The first-order valence-corrected chi connectivity index (χ1v) is 9.29. The lowest BCUT2D eigenvalue weighted by molar-refractivity contribution is -0.131. The highest BCUT2D eigenvalue weighted by Gasteiger charge is 2.28. The number of amides is 1. The quantitative estimate of drug-likeness (QED) is 0.777. The lowest BCUT2D eigenvalue weighted by Gasteiger charge is -2.31. The molecule has 0 radical (unpaired) electrons. The van der Waals surface area contributed by atoms with Crippen molar-refractivity contribution in [2.24, 2.45) is 0 Å². The molecular weight excluding hydrogens is 375 g/mol. The highest BCUT2D eigenvalue weighted by molar-refractivity contribution is 5.85. The third-order valence-electron chi connectivity index (χ3n) is 5.28. The summed E-state index contributed by atoms with van der Waals surface area (Å²) in [5, 5.41) is 12.0. The summed E-state index contributed by atoms with van der Waals surface area (Å²) in [6.45, 7) is 8.44. The minimum Gasteiger partial charge on any atom is -0.342 e.